The van der Waals surface area contributed by atoms with Crippen LogP contribution in [0, 0.1) is 6.92 Å². The van der Waals surface area contributed by atoms with Crippen molar-refractivity contribution in [2.45, 2.75) is 13.5 Å². The Labute approximate surface area is 137 Å². The molecule has 3 aromatic rings. The van der Waals surface area contributed by atoms with Crippen molar-refractivity contribution in [1.29, 1.82) is 0 Å². The minimum Gasteiger partial charge on any atom is -0.378 e. The normalized spacial score (nSPS) is 15.3. The molecule has 2 N–H and O–H groups in total. The molecular formula is C15H18N6OS. The number of H-pyrrole nitrogens is 1. The number of hydrogen-bond donors (Lipinski definition) is 2. The number of nitrogens with one attached hydrogen (secondary N) is 2. The molecule has 0 spiro atoms. The van der Waals surface area contributed by atoms with E-state index in [4.69, 9.17) is 9.72 Å². The van der Waals surface area contributed by atoms with Crippen molar-refractivity contribution < 1.29 is 4.74 Å². The van der Waals surface area contributed by atoms with Crippen LogP contribution in [0.1, 0.15) is 10.7 Å². The molecule has 0 saturated carbocycles. The lowest BCUT2D eigenvalue weighted by Gasteiger charge is -2.27. The van der Waals surface area contributed by atoms with E-state index in [2.05, 4.69) is 31.2 Å². The molecule has 120 valence electrons. The van der Waals surface area contributed by atoms with Crippen LogP contribution < -0.4 is 10.2 Å². The third-order valence-corrected chi connectivity index (χ3v) is 4.57. The first-order chi connectivity index (χ1) is 11.3. The van der Waals surface area contributed by atoms with Crippen LogP contribution >= 0.6 is 11.3 Å². The van der Waals surface area contributed by atoms with Crippen LogP contribution in [0.3, 0.4) is 0 Å². The van der Waals surface area contributed by atoms with Gasteiger partial charge in [-0.3, -0.25) is 0 Å². The van der Waals surface area contributed by atoms with Crippen molar-refractivity contribution in [2.24, 2.45) is 0 Å². The molecular weight excluding hydrogens is 312 g/mol. The standard InChI is InChI=1S/C15H18N6OS/c1-10-8-11-13(17-9-12-16-2-7-23-12)19-15(20-14(11)18-10)21-3-5-22-6-4-21/h2,7-8H,3-6,9H2,1H3,(H2,17,18,19,20). The molecule has 3 aromatic heterocycles. The number of rotatable bonds is 4. The molecule has 8 heteroatoms. The van der Waals surface area contributed by atoms with Crippen LogP contribution in [-0.2, 0) is 11.3 Å². The van der Waals surface area contributed by atoms with Crippen molar-refractivity contribution in [2.75, 3.05) is 36.5 Å². The zero-order valence-corrected chi connectivity index (χ0v) is 13.7. The summed E-state index contributed by atoms with van der Waals surface area (Å²) in [6.45, 7) is 5.76. The first-order valence-corrected chi connectivity index (χ1v) is 8.50. The maximum Gasteiger partial charge on any atom is 0.229 e. The second-order valence-electron chi connectivity index (χ2n) is 5.47. The van der Waals surface area contributed by atoms with Crippen molar-refractivity contribution in [3.63, 3.8) is 0 Å². The van der Waals surface area contributed by atoms with Crippen molar-refractivity contribution >= 4 is 34.1 Å². The quantitative estimate of drug-likeness (QED) is 0.763. The molecule has 0 radical (unpaired) electrons. The van der Waals surface area contributed by atoms with E-state index in [1.165, 1.54) is 0 Å². The largest absolute Gasteiger partial charge is 0.378 e. The van der Waals surface area contributed by atoms with Gasteiger partial charge in [-0.15, -0.1) is 11.3 Å². The third kappa shape index (κ3) is 2.99. The second-order valence-corrected chi connectivity index (χ2v) is 6.44. The van der Waals surface area contributed by atoms with E-state index in [-0.39, 0.29) is 0 Å². The lowest BCUT2D eigenvalue weighted by Crippen LogP contribution is -2.37. The number of hydrogen-bond acceptors (Lipinski definition) is 7. The number of fused-ring (bicyclic) bond motifs is 1. The van der Waals surface area contributed by atoms with Crippen molar-refractivity contribution in [3.05, 3.63) is 28.3 Å². The Bertz CT molecular complexity index is 794. The van der Waals surface area contributed by atoms with Crippen LogP contribution in [-0.4, -0.2) is 46.2 Å². The molecule has 0 atom stereocenters. The van der Waals surface area contributed by atoms with Crippen LogP contribution in [0.2, 0.25) is 0 Å². The van der Waals surface area contributed by atoms with Gasteiger partial charge in [-0.25, -0.2) is 4.98 Å². The van der Waals surface area contributed by atoms with Gasteiger partial charge in [-0.2, -0.15) is 9.97 Å². The van der Waals surface area contributed by atoms with E-state index >= 15 is 0 Å². The SMILES string of the molecule is Cc1cc2c(NCc3nccs3)nc(N3CCOCC3)nc2[nH]1. The Balaban J connectivity index is 1.68. The molecule has 0 bridgehead atoms. The molecule has 4 rings (SSSR count). The fourth-order valence-electron chi connectivity index (χ4n) is 2.67. The molecule has 0 amide bonds. The summed E-state index contributed by atoms with van der Waals surface area (Å²) < 4.78 is 5.41. The molecule has 0 unspecified atom stereocenters. The van der Waals surface area contributed by atoms with E-state index in [0.29, 0.717) is 19.8 Å². The third-order valence-electron chi connectivity index (χ3n) is 3.79. The Hall–Kier alpha value is -2.19. The number of ether oxygens (including phenoxy) is 1. The Morgan fingerprint density at radius 3 is 3.00 bits per heavy atom. The van der Waals surface area contributed by atoms with Gasteiger partial charge in [-0.05, 0) is 13.0 Å². The fourth-order valence-corrected chi connectivity index (χ4v) is 3.22. The van der Waals surface area contributed by atoms with Gasteiger partial charge in [0.15, 0.2) is 0 Å². The van der Waals surface area contributed by atoms with E-state index in [0.717, 1.165) is 46.6 Å². The highest BCUT2D eigenvalue weighted by Gasteiger charge is 2.17. The predicted molar refractivity (Wildman–Crippen MR) is 91.1 cm³/mol. The number of aryl methyl sites for hydroxylation is 1. The number of anilines is 2. The topological polar surface area (TPSA) is 79.0 Å². The van der Waals surface area contributed by atoms with Gasteiger partial charge in [0.2, 0.25) is 5.95 Å². The number of nitrogens with zero attached hydrogens (tertiary/aromatic N) is 4. The second kappa shape index (κ2) is 6.13. The maximum absolute atomic E-state index is 5.41. The predicted octanol–water partition coefficient (Wildman–Crippen LogP) is 2.17. The summed E-state index contributed by atoms with van der Waals surface area (Å²) in [7, 11) is 0. The Kier molecular flexibility index (Phi) is 3.84. The van der Waals surface area contributed by atoms with Gasteiger partial charge < -0.3 is 19.9 Å². The maximum atomic E-state index is 5.41. The molecule has 4 heterocycles. The Morgan fingerprint density at radius 2 is 2.22 bits per heavy atom. The van der Waals surface area contributed by atoms with Gasteiger partial charge in [0.05, 0.1) is 25.1 Å². The summed E-state index contributed by atoms with van der Waals surface area (Å²) in [6, 6.07) is 2.07. The van der Waals surface area contributed by atoms with Crippen molar-refractivity contribution in [3.8, 4) is 0 Å². The Morgan fingerprint density at radius 1 is 1.35 bits per heavy atom. The number of morpholine rings is 1. The monoisotopic (exact) mass is 330 g/mol. The molecule has 0 aliphatic carbocycles. The molecule has 1 aliphatic heterocycles. The van der Waals surface area contributed by atoms with Crippen LogP contribution in [0.25, 0.3) is 11.0 Å². The molecule has 7 nitrogen and oxygen atoms in total. The lowest BCUT2D eigenvalue weighted by atomic mass is 10.3. The first kappa shape index (κ1) is 14.4. The average molecular weight is 330 g/mol. The van der Waals surface area contributed by atoms with Crippen LogP contribution in [0.15, 0.2) is 17.6 Å². The molecule has 0 aromatic carbocycles. The smallest absolute Gasteiger partial charge is 0.229 e. The van der Waals surface area contributed by atoms with Gasteiger partial charge in [0.1, 0.15) is 16.5 Å². The van der Waals surface area contributed by atoms with Gasteiger partial charge in [0, 0.05) is 30.4 Å². The van der Waals surface area contributed by atoms with Gasteiger partial charge >= 0.3 is 0 Å². The van der Waals surface area contributed by atoms with Gasteiger partial charge in [-0.1, -0.05) is 0 Å². The average Bonchev–Trinajstić information content (AvgIpc) is 3.21. The zero-order chi connectivity index (χ0) is 15.6. The summed E-state index contributed by atoms with van der Waals surface area (Å²) in [5.41, 5.74) is 1.94. The number of aromatic nitrogens is 4. The summed E-state index contributed by atoms with van der Waals surface area (Å²) in [5.74, 6) is 1.58. The highest BCUT2D eigenvalue weighted by molar-refractivity contribution is 7.09. The van der Waals surface area contributed by atoms with Crippen molar-refractivity contribution in [1.82, 2.24) is 19.9 Å². The minimum absolute atomic E-state index is 0.663. The number of thiazole rings is 1. The summed E-state index contributed by atoms with van der Waals surface area (Å²) in [6.07, 6.45) is 1.82. The van der Waals surface area contributed by atoms with Gasteiger partial charge in [0.25, 0.3) is 0 Å². The molecule has 23 heavy (non-hydrogen) atoms. The van der Waals surface area contributed by atoms with E-state index < -0.39 is 0 Å². The first-order valence-electron chi connectivity index (χ1n) is 7.62. The highest BCUT2D eigenvalue weighted by atomic mass is 32.1. The van der Waals surface area contributed by atoms with E-state index in [1.807, 2.05) is 18.5 Å². The molecule has 1 fully saturated rings. The van der Waals surface area contributed by atoms with E-state index in [1.54, 1.807) is 11.3 Å². The zero-order valence-electron chi connectivity index (χ0n) is 12.9. The summed E-state index contributed by atoms with van der Waals surface area (Å²) in [5, 5.41) is 7.43. The minimum atomic E-state index is 0.663. The van der Waals surface area contributed by atoms with Crippen LogP contribution in [0.5, 0.6) is 0 Å². The number of aromatic amines is 1. The molecule has 1 saturated heterocycles. The van der Waals surface area contributed by atoms with E-state index in [9.17, 15) is 0 Å². The summed E-state index contributed by atoms with van der Waals surface area (Å²) in [4.78, 5) is 19.2. The fraction of sp³-hybridized carbons (Fsp3) is 0.400. The molecule has 1 aliphatic rings. The highest BCUT2D eigenvalue weighted by Crippen LogP contribution is 2.25. The van der Waals surface area contributed by atoms with Crippen LogP contribution in [0.4, 0.5) is 11.8 Å². The lowest BCUT2D eigenvalue weighted by molar-refractivity contribution is 0.122. The summed E-state index contributed by atoms with van der Waals surface area (Å²) >= 11 is 1.63.